The highest BCUT2D eigenvalue weighted by Crippen LogP contribution is 2.32. The van der Waals surface area contributed by atoms with Gasteiger partial charge in [-0.2, -0.15) is 0 Å². The first kappa shape index (κ1) is 17.1. The van der Waals surface area contributed by atoms with Crippen molar-refractivity contribution < 1.29 is 9.59 Å². The highest BCUT2D eigenvalue weighted by molar-refractivity contribution is 6.01. The predicted molar refractivity (Wildman–Crippen MR) is 98.1 cm³/mol. The maximum atomic E-state index is 11.8. The first-order valence-electron chi connectivity index (χ1n) is 8.54. The van der Waals surface area contributed by atoms with Crippen LogP contribution in [-0.2, 0) is 22.6 Å². The fraction of sp³-hybridized carbons (Fsp3) is 0.350. The molecule has 1 aromatic heterocycles. The van der Waals surface area contributed by atoms with E-state index >= 15 is 0 Å². The molecule has 25 heavy (non-hydrogen) atoms. The second-order valence-electron chi connectivity index (χ2n) is 6.93. The second kappa shape index (κ2) is 7.05. The Morgan fingerprint density at radius 3 is 2.80 bits per heavy atom. The SMILES string of the molecule is CC(C)CC(=O)NCc1cncc(-c2ccc3c(c2)CC(=O)N3C)c1. The van der Waals surface area contributed by atoms with E-state index in [1.54, 1.807) is 18.1 Å². The van der Waals surface area contributed by atoms with E-state index in [1.165, 1.54) is 0 Å². The van der Waals surface area contributed by atoms with Gasteiger partial charge in [0.05, 0.1) is 6.42 Å². The molecule has 130 valence electrons. The van der Waals surface area contributed by atoms with Gasteiger partial charge in [-0.05, 0) is 40.8 Å². The number of amides is 2. The topological polar surface area (TPSA) is 62.3 Å². The van der Waals surface area contributed by atoms with Crippen LogP contribution in [0.15, 0.2) is 36.7 Å². The Bertz CT molecular complexity index is 814. The highest BCUT2D eigenvalue weighted by atomic mass is 16.2. The smallest absolute Gasteiger partial charge is 0.231 e. The number of hydrogen-bond acceptors (Lipinski definition) is 3. The van der Waals surface area contributed by atoms with Gasteiger partial charge in [0.15, 0.2) is 0 Å². The minimum atomic E-state index is 0.0551. The maximum Gasteiger partial charge on any atom is 0.231 e. The number of pyridine rings is 1. The third kappa shape index (κ3) is 3.87. The van der Waals surface area contributed by atoms with Crippen LogP contribution in [0.2, 0.25) is 0 Å². The molecule has 0 atom stereocenters. The van der Waals surface area contributed by atoms with Gasteiger partial charge in [-0.25, -0.2) is 0 Å². The van der Waals surface area contributed by atoms with Gasteiger partial charge in [0.1, 0.15) is 0 Å². The molecule has 0 saturated heterocycles. The number of hydrogen-bond donors (Lipinski definition) is 1. The molecule has 2 amide bonds. The van der Waals surface area contributed by atoms with Gasteiger partial charge < -0.3 is 10.2 Å². The van der Waals surface area contributed by atoms with E-state index in [4.69, 9.17) is 0 Å². The number of carbonyl (C=O) groups is 2. The fourth-order valence-electron chi connectivity index (χ4n) is 3.04. The lowest BCUT2D eigenvalue weighted by Gasteiger charge is -2.11. The molecule has 0 bridgehead atoms. The van der Waals surface area contributed by atoms with E-state index in [0.717, 1.165) is 27.9 Å². The molecule has 0 aliphatic carbocycles. The highest BCUT2D eigenvalue weighted by Gasteiger charge is 2.24. The van der Waals surface area contributed by atoms with Crippen LogP contribution in [0.5, 0.6) is 0 Å². The zero-order valence-corrected chi connectivity index (χ0v) is 14.9. The molecule has 0 spiro atoms. The van der Waals surface area contributed by atoms with Crippen molar-refractivity contribution in [3.63, 3.8) is 0 Å². The van der Waals surface area contributed by atoms with Crippen molar-refractivity contribution in [3.8, 4) is 11.1 Å². The summed E-state index contributed by atoms with van der Waals surface area (Å²) in [5.41, 5.74) is 4.99. The van der Waals surface area contributed by atoms with Crippen LogP contribution in [0, 0.1) is 5.92 Å². The summed E-state index contributed by atoms with van der Waals surface area (Å²) in [4.78, 5) is 29.6. The number of carbonyl (C=O) groups excluding carboxylic acids is 2. The summed E-state index contributed by atoms with van der Waals surface area (Å²) in [7, 11) is 1.80. The molecule has 1 aliphatic rings. The average Bonchev–Trinajstić information content (AvgIpc) is 2.86. The maximum absolute atomic E-state index is 11.8. The van der Waals surface area contributed by atoms with Crippen LogP contribution < -0.4 is 10.2 Å². The summed E-state index contributed by atoms with van der Waals surface area (Å²) in [6.07, 6.45) is 4.54. The third-order valence-corrected chi connectivity index (χ3v) is 4.37. The largest absolute Gasteiger partial charge is 0.352 e. The van der Waals surface area contributed by atoms with Crippen LogP contribution in [0.3, 0.4) is 0 Å². The van der Waals surface area contributed by atoms with E-state index in [0.29, 0.717) is 25.3 Å². The predicted octanol–water partition coefficient (Wildman–Crippen LogP) is 2.93. The molecule has 5 heteroatoms. The van der Waals surface area contributed by atoms with E-state index in [1.807, 2.05) is 38.2 Å². The fourth-order valence-corrected chi connectivity index (χ4v) is 3.04. The van der Waals surface area contributed by atoms with Crippen molar-refractivity contribution in [2.45, 2.75) is 33.2 Å². The first-order valence-corrected chi connectivity index (χ1v) is 8.54. The van der Waals surface area contributed by atoms with E-state index in [-0.39, 0.29) is 11.8 Å². The van der Waals surface area contributed by atoms with Crippen molar-refractivity contribution in [1.82, 2.24) is 10.3 Å². The first-order chi connectivity index (χ1) is 11.9. The molecule has 2 aromatic rings. The number of rotatable bonds is 5. The molecule has 0 fully saturated rings. The zero-order chi connectivity index (χ0) is 18.0. The molecule has 5 nitrogen and oxygen atoms in total. The van der Waals surface area contributed by atoms with Crippen molar-refractivity contribution in [1.29, 1.82) is 0 Å². The van der Waals surface area contributed by atoms with Gasteiger partial charge in [0.2, 0.25) is 11.8 Å². The monoisotopic (exact) mass is 337 g/mol. The van der Waals surface area contributed by atoms with Crippen LogP contribution >= 0.6 is 0 Å². The van der Waals surface area contributed by atoms with Crippen molar-refractivity contribution in [2.24, 2.45) is 5.92 Å². The van der Waals surface area contributed by atoms with Crippen molar-refractivity contribution in [3.05, 3.63) is 47.8 Å². The molecule has 0 unspecified atom stereocenters. The number of fused-ring (bicyclic) bond motifs is 1. The molecule has 1 N–H and O–H groups in total. The Morgan fingerprint density at radius 1 is 1.24 bits per heavy atom. The lowest BCUT2D eigenvalue weighted by atomic mass is 10.0. The summed E-state index contributed by atoms with van der Waals surface area (Å²) >= 11 is 0. The lowest BCUT2D eigenvalue weighted by molar-refractivity contribution is -0.122. The van der Waals surface area contributed by atoms with Gasteiger partial charge in [0, 0.05) is 43.7 Å². The number of anilines is 1. The van der Waals surface area contributed by atoms with E-state index in [9.17, 15) is 9.59 Å². The molecule has 0 radical (unpaired) electrons. The van der Waals surface area contributed by atoms with Crippen LogP contribution in [0.4, 0.5) is 5.69 Å². The van der Waals surface area contributed by atoms with Crippen LogP contribution in [0.25, 0.3) is 11.1 Å². The molecule has 2 heterocycles. The van der Waals surface area contributed by atoms with Gasteiger partial charge in [-0.1, -0.05) is 19.9 Å². The molecule has 1 aliphatic heterocycles. The van der Waals surface area contributed by atoms with E-state index < -0.39 is 0 Å². The number of nitrogens with one attached hydrogen (secondary N) is 1. The molecule has 1 aromatic carbocycles. The summed E-state index contributed by atoms with van der Waals surface area (Å²) < 4.78 is 0. The normalized spacial score (nSPS) is 13.3. The second-order valence-corrected chi connectivity index (χ2v) is 6.93. The Labute approximate surface area is 148 Å². The van der Waals surface area contributed by atoms with Crippen molar-refractivity contribution >= 4 is 17.5 Å². The van der Waals surface area contributed by atoms with Crippen LogP contribution in [-0.4, -0.2) is 23.8 Å². The Kier molecular flexibility index (Phi) is 4.83. The zero-order valence-electron chi connectivity index (χ0n) is 14.9. The van der Waals surface area contributed by atoms with Crippen molar-refractivity contribution in [2.75, 3.05) is 11.9 Å². The number of aromatic nitrogens is 1. The van der Waals surface area contributed by atoms with Gasteiger partial charge in [-0.15, -0.1) is 0 Å². The Balaban J connectivity index is 1.75. The molecular weight excluding hydrogens is 314 g/mol. The molecule has 0 saturated carbocycles. The minimum absolute atomic E-state index is 0.0551. The standard InChI is InChI=1S/C20H23N3O2/c1-13(2)6-19(24)22-11-14-7-17(12-21-10-14)15-4-5-18-16(8-15)9-20(25)23(18)3/h4-5,7-8,10,12-13H,6,9,11H2,1-3H3,(H,22,24). The van der Waals surface area contributed by atoms with Gasteiger partial charge >= 0.3 is 0 Å². The minimum Gasteiger partial charge on any atom is -0.352 e. The number of benzene rings is 1. The van der Waals surface area contributed by atoms with Gasteiger partial charge in [0.25, 0.3) is 0 Å². The Hall–Kier alpha value is -2.69. The summed E-state index contributed by atoms with van der Waals surface area (Å²) in [5, 5.41) is 2.93. The summed E-state index contributed by atoms with van der Waals surface area (Å²) in [5.74, 6) is 0.517. The quantitative estimate of drug-likeness (QED) is 0.912. The average molecular weight is 337 g/mol. The third-order valence-electron chi connectivity index (χ3n) is 4.37. The summed E-state index contributed by atoms with van der Waals surface area (Å²) in [6, 6.07) is 8.07. The number of likely N-dealkylation sites (N-methyl/N-ethyl adjacent to an activating group) is 1. The summed E-state index contributed by atoms with van der Waals surface area (Å²) in [6.45, 7) is 4.52. The van der Waals surface area contributed by atoms with Gasteiger partial charge in [-0.3, -0.25) is 14.6 Å². The van der Waals surface area contributed by atoms with E-state index in [2.05, 4.69) is 16.4 Å². The lowest BCUT2D eigenvalue weighted by Crippen LogP contribution is -2.23. The Morgan fingerprint density at radius 2 is 2.04 bits per heavy atom. The van der Waals surface area contributed by atoms with Crippen LogP contribution in [0.1, 0.15) is 31.4 Å². The number of nitrogens with zero attached hydrogens (tertiary/aromatic N) is 2. The molecule has 3 rings (SSSR count). The molecular formula is C20H23N3O2.